The summed E-state index contributed by atoms with van der Waals surface area (Å²) in [6, 6.07) is 11.6. The second-order valence-electron chi connectivity index (χ2n) is 14.0. The topological polar surface area (TPSA) is 119 Å². The van der Waals surface area contributed by atoms with E-state index in [-0.39, 0.29) is 42.2 Å². The van der Waals surface area contributed by atoms with Crippen molar-refractivity contribution < 1.29 is 28.7 Å². The number of halogens is 1. The first-order chi connectivity index (χ1) is 23.6. The second-order valence-corrected chi connectivity index (χ2v) is 15.9. The van der Waals surface area contributed by atoms with E-state index < -0.39 is 11.0 Å². The number of benzene rings is 2. The van der Waals surface area contributed by atoms with Gasteiger partial charge in [0.15, 0.2) is 0 Å². The molecule has 1 saturated carbocycles. The van der Waals surface area contributed by atoms with Gasteiger partial charge in [-0.25, -0.2) is 4.21 Å². The number of rotatable bonds is 8. The van der Waals surface area contributed by atoms with Gasteiger partial charge in [-0.2, -0.15) is 0 Å². The number of aldehydes is 1. The third-order valence-corrected chi connectivity index (χ3v) is 12.4. The lowest BCUT2D eigenvalue weighted by Crippen LogP contribution is -2.43. The molecule has 6 unspecified atom stereocenters. The maximum absolute atomic E-state index is 13.3. The molecule has 6 atom stereocenters. The molecule has 5 rings (SSSR count). The number of hydrogen-bond acceptors (Lipinski definition) is 8. The minimum absolute atomic E-state index is 0.0174. The maximum Gasteiger partial charge on any atom is 0.263 e. The molecule has 49 heavy (non-hydrogen) atoms. The third-order valence-electron chi connectivity index (χ3n) is 10.6. The van der Waals surface area contributed by atoms with Crippen molar-refractivity contribution in [2.45, 2.75) is 88.8 Å². The van der Waals surface area contributed by atoms with Gasteiger partial charge >= 0.3 is 0 Å². The molecule has 2 heterocycles. The fraction of sp³-hybridized carbons (Fsp3) is 0.632. The summed E-state index contributed by atoms with van der Waals surface area (Å²) in [7, 11) is 2.16. The molecular weight excluding hydrogens is 662 g/mol. The number of aliphatic hydroxyl groups excluding tert-OH is 2. The number of aliphatic hydroxyl groups is 2. The summed E-state index contributed by atoms with van der Waals surface area (Å²) in [5.41, 5.74) is 3.89. The predicted octanol–water partition coefficient (Wildman–Crippen LogP) is 5.76. The van der Waals surface area contributed by atoms with Crippen molar-refractivity contribution in [3.05, 3.63) is 58.1 Å². The number of hydrogen-bond donors (Lipinski definition) is 3. The fourth-order valence-corrected chi connectivity index (χ4v) is 8.68. The summed E-state index contributed by atoms with van der Waals surface area (Å²) >= 11 is 6.39. The molecule has 0 aromatic heterocycles. The molecular formula is C38H56ClN3O6S. The molecule has 2 bridgehead atoms. The monoisotopic (exact) mass is 717 g/mol. The summed E-state index contributed by atoms with van der Waals surface area (Å²) in [6.07, 6.45) is 9.57. The lowest BCUT2D eigenvalue weighted by Gasteiger charge is -2.43. The highest BCUT2D eigenvalue weighted by molar-refractivity contribution is 7.84. The maximum atomic E-state index is 13.3. The summed E-state index contributed by atoms with van der Waals surface area (Å²) in [4.78, 5) is 29.7. The number of aryl methyl sites for hydroxylation is 1. The van der Waals surface area contributed by atoms with Gasteiger partial charge in [0.1, 0.15) is 23.0 Å². The van der Waals surface area contributed by atoms with Gasteiger partial charge in [-0.3, -0.25) is 9.52 Å². The minimum atomic E-state index is -1.47. The molecule has 0 spiro atoms. The molecule has 272 valence electrons. The fourth-order valence-electron chi connectivity index (χ4n) is 7.34. The number of carbonyl (C=O) groups is 2. The highest BCUT2D eigenvalue weighted by atomic mass is 35.5. The Bertz CT molecular complexity index is 1410. The van der Waals surface area contributed by atoms with E-state index in [0.717, 1.165) is 87.3 Å². The zero-order chi connectivity index (χ0) is 35.5. The molecule has 1 aliphatic carbocycles. The summed E-state index contributed by atoms with van der Waals surface area (Å²) < 4.78 is 22.3. The van der Waals surface area contributed by atoms with Crippen molar-refractivity contribution in [3.8, 4) is 5.75 Å². The van der Waals surface area contributed by atoms with Crippen LogP contribution < -0.4 is 14.4 Å². The summed E-state index contributed by atoms with van der Waals surface area (Å²) in [6.45, 7) is 6.31. The van der Waals surface area contributed by atoms with E-state index in [1.807, 2.05) is 39.2 Å². The molecule has 3 aliphatic rings. The first kappa shape index (κ1) is 39.3. The lowest BCUT2D eigenvalue weighted by atomic mass is 9.66. The van der Waals surface area contributed by atoms with Crippen LogP contribution in [0.25, 0.3) is 0 Å². The largest absolute Gasteiger partial charge is 0.491 e. The quantitative estimate of drug-likeness (QED) is 0.295. The van der Waals surface area contributed by atoms with Gasteiger partial charge in [0.25, 0.3) is 5.91 Å². The van der Waals surface area contributed by atoms with Gasteiger partial charge in [0.05, 0.1) is 36.8 Å². The predicted molar refractivity (Wildman–Crippen MR) is 198 cm³/mol. The zero-order valence-corrected chi connectivity index (χ0v) is 31.2. The standard InChI is InChI=1S/C33H43ClN2O4S.C5H13NO2/c1-3-7-22-16-27(34)12-14-29(22)26-19-36-18-24-10-13-30(24)25(20-37)8-5-6-9-28(4-2)41(39)35-33(38)23-11-15-32(40-21-26)31(36)17-23;1-6(2)5(3-7)4-8/h11-12,14-17,20,24-26,28,30H,3-10,13,18-19,21H2,1-2H3,(H,35,38);5,7-8H,3-4H2,1-2H3. The van der Waals surface area contributed by atoms with Gasteiger partial charge in [-0.1, -0.05) is 50.8 Å². The van der Waals surface area contributed by atoms with E-state index in [1.54, 1.807) is 11.0 Å². The highest BCUT2D eigenvalue weighted by Gasteiger charge is 2.39. The minimum Gasteiger partial charge on any atom is -0.491 e. The van der Waals surface area contributed by atoms with Gasteiger partial charge in [-0.05, 0) is 106 Å². The van der Waals surface area contributed by atoms with Crippen LogP contribution in [0.4, 0.5) is 5.69 Å². The molecule has 11 heteroatoms. The Labute approximate surface area is 300 Å². The lowest BCUT2D eigenvalue weighted by molar-refractivity contribution is -0.115. The first-order valence-electron chi connectivity index (χ1n) is 18.0. The van der Waals surface area contributed by atoms with Crippen molar-refractivity contribution >= 4 is 40.5 Å². The smallest absolute Gasteiger partial charge is 0.263 e. The van der Waals surface area contributed by atoms with Crippen LogP contribution in [0.1, 0.15) is 92.6 Å². The number of fused-ring (bicyclic) bond motifs is 2. The second kappa shape index (κ2) is 19.2. The van der Waals surface area contributed by atoms with E-state index in [4.69, 9.17) is 26.6 Å². The van der Waals surface area contributed by atoms with Crippen molar-refractivity contribution in [2.24, 2.45) is 17.8 Å². The van der Waals surface area contributed by atoms with Crippen LogP contribution in [0.15, 0.2) is 36.4 Å². The number of nitrogens with zero attached hydrogens (tertiary/aromatic N) is 2. The van der Waals surface area contributed by atoms with E-state index in [0.29, 0.717) is 24.0 Å². The van der Waals surface area contributed by atoms with Crippen LogP contribution in [0.5, 0.6) is 5.75 Å². The van der Waals surface area contributed by atoms with Crippen molar-refractivity contribution in [1.29, 1.82) is 0 Å². The molecule has 3 N–H and O–H groups in total. The summed E-state index contributed by atoms with van der Waals surface area (Å²) in [5, 5.41) is 17.6. The molecule has 2 aromatic carbocycles. The van der Waals surface area contributed by atoms with Gasteiger partial charge in [-0.15, -0.1) is 0 Å². The van der Waals surface area contributed by atoms with E-state index in [9.17, 15) is 13.8 Å². The van der Waals surface area contributed by atoms with Crippen LogP contribution in [-0.4, -0.2) is 89.8 Å². The van der Waals surface area contributed by atoms with Crippen LogP contribution >= 0.6 is 11.6 Å². The van der Waals surface area contributed by atoms with Crippen molar-refractivity contribution in [3.63, 3.8) is 0 Å². The van der Waals surface area contributed by atoms with Gasteiger partial charge in [0, 0.05) is 35.5 Å². The van der Waals surface area contributed by atoms with Crippen LogP contribution in [0.2, 0.25) is 5.02 Å². The number of nitrogens with one attached hydrogen (secondary N) is 1. The average Bonchev–Trinajstić information content (AvgIpc) is 3.25. The Hall–Kier alpha value is -2.50. The molecule has 2 aliphatic heterocycles. The van der Waals surface area contributed by atoms with E-state index in [2.05, 4.69) is 28.7 Å². The SMILES string of the molecule is CCCc1cc(Cl)ccc1C1COc2ccc3cc2N(C1)CC1CCC1C(C=O)CCCCC(CC)S(=O)NC3=O.CN(C)C(CO)CO. The molecule has 0 saturated heterocycles. The number of amides is 1. The number of likely N-dealkylation sites (N-methyl/N-ethyl adjacent to an activating group) is 1. The number of ether oxygens (including phenoxy) is 1. The Morgan fingerprint density at radius 3 is 2.43 bits per heavy atom. The van der Waals surface area contributed by atoms with E-state index in [1.165, 1.54) is 17.4 Å². The Kier molecular flexibility index (Phi) is 15.4. The van der Waals surface area contributed by atoms with Crippen molar-refractivity contribution in [2.75, 3.05) is 51.9 Å². The molecule has 1 amide bonds. The number of anilines is 1. The van der Waals surface area contributed by atoms with Crippen LogP contribution in [0, 0.1) is 17.8 Å². The normalized spacial score (nSPS) is 26.0. The Morgan fingerprint density at radius 2 is 1.82 bits per heavy atom. The van der Waals surface area contributed by atoms with Crippen LogP contribution in [0.3, 0.4) is 0 Å². The molecule has 9 nitrogen and oxygen atoms in total. The van der Waals surface area contributed by atoms with Crippen LogP contribution in [-0.2, 0) is 22.2 Å². The highest BCUT2D eigenvalue weighted by Crippen LogP contribution is 2.44. The zero-order valence-electron chi connectivity index (χ0n) is 29.6. The molecule has 2 aromatic rings. The first-order valence-corrected chi connectivity index (χ1v) is 19.6. The Balaban J connectivity index is 0.000000603. The van der Waals surface area contributed by atoms with Gasteiger partial charge < -0.3 is 29.5 Å². The third kappa shape index (κ3) is 10.3. The number of carbonyl (C=O) groups excluding carboxylic acids is 2. The van der Waals surface area contributed by atoms with E-state index >= 15 is 0 Å². The molecule has 0 radical (unpaired) electrons. The average molecular weight is 718 g/mol. The van der Waals surface area contributed by atoms with Gasteiger partial charge in [0.2, 0.25) is 0 Å². The molecule has 1 fully saturated rings. The Morgan fingerprint density at radius 1 is 1.06 bits per heavy atom. The summed E-state index contributed by atoms with van der Waals surface area (Å²) in [5.74, 6) is 1.42. The van der Waals surface area contributed by atoms with Crippen molar-refractivity contribution in [1.82, 2.24) is 9.62 Å².